The first-order valence-corrected chi connectivity index (χ1v) is 4.77. The molecule has 6 nitrogen and oxygen atoms in total. The minimum absolute atomic E-state index is 0.158. The van der Waals surface area contributed by atoms with Crippen molar-refractivity contribution in [1.82, 2.24) is 19.9 Å². The highest BCUT2D eigenvalue weighted by atomic mass is 32.2. The van der Waals surface area contributed by atoms with Gasteiger partial charge >= 0.3 is 0 Å². The molecule has 0 spiro atoms. The molecule has 0 unspecified atom stereocenters. The molecular weight excluding hydrogens is 219 g/mol. The summed E-state index contributed by atoms with van der Waals surface area (Å²) in [5.74, 6) is 4.75. The number of hydrogen-bond acceptors (Lipinski definition) is 6. The largest absolute Gasteiger partial charge is 0.339 e. The van der Waals surface area contributed by atoms with Crippen molar-refractivity contribution in [2.24, 2.45) is 5.84 Å². The maximum Gasteiger partial charge on any atom is 0.238 e. The lowest BCUT2D eigenvalue weighted by Gasteiger charge is -2.01. The van der Waals surface area contributed by atoms with Gasteiger partial charge in [0.05, 0.1) is 6.20 Å². The smallest absolute Gasteiger partial charge is 0.238 e. The van der Waals surface area contributed by atoms with E-state index < -0.39 is 5.82 Å². The molecule has 0 radical (unpaired) electrons. The van der Waals surface area contributed by atoms with Gasteiger partial charge in [-0.25, -0.2) is 25.2 Å². The fourth-order valence-corrected chi connectivity index (χ4v) is 1.60. The van der Waals surface area contributed by atoms with Crippen LogP contribution in [0.2, 0.25) is 0 Å². The monoisotopic (exact) mass is 226 g/mol. The summed E-state index contributed by atoms with van der Waals surface area (Å²) < 4.78 is 13.2. The molecule has 0 aliphatic carbocycles. The number of nitrogen functional groups attached to an aromatic ring is 1. The lowest BCUT2D eigenvalue weighted by atomic mass is 10.6. The first-order chi connectivity index (χ1) is 7.29. The number of nitrogens with one attached hydrogen (secondary N) is 2. The summed E-state index contributed by atoms with van der Waals surface area (Å²) in [6, 6.07) is 0. The minimum Gasteiger partial charge on any atom is -0.339 e. The van der Waals surface area contributed by atoms with Crippen LogP contribution < -0.4 is 11.3 Å². The fourth-order valence-electron chi connectivity index (χ4n) is 0.891. The van der Waals surface area contributed by atoms with E-state index in [0.29, 0.717) is 5.16 Å². The second-order valence-corrected chi connectivity index (χ2v) is 3.46. The number of halogens is 1. The summed E-state index contributed by atoms with van der Waals surface area (Å²) in [5, 5.41) is 0.712. The summed E-state index contributed by atoms with van der Waals surface area (Å²) in [6.07, 6.45) is 4.26. The third kappa shape index (κ3) is 2.22. The molecule has 2 aromatic rings. The number of nitrogens with two attached hydrogens (primary N) is 1. The molecule has 78 valence electrons. The summed E-state index contributed by atoms with van der Waals surface area (Å²) >= 11 is 1.06. The van der Waals surface area contributed by atoms with Gasteiger partial charge in [-0.05, 0) is 11.8 Å². The molecule has 8 heteroatoms. The molecule has 0 aromatic carbocycles. The second kappa shape index (κ2) is 4.24. The Labute approximate surface area is 88.5 Å². The molecule has 2 rings (SSSR count). The van der Waals surface area contributed by atoms with Gasteiger partial charge in [0.1, 0.15) is 5.03 Å². The molecule has 0 aliphatic heterocycles. The van der Waals surface area contributed by atoms with Gasteiger partial charge in [0, 0.05) is 12.4 Å². The Morgan fingerprint density at radius 1 is 1.47 bits per heavy atom. The van der Waals surface area contributed by atoms with E-state index in [4.69, 9.17) is 5.84 Å². The van der Waals surface area contributed by atoms with Crippen molar-refractivity contribution < 1.29 is 4.39 Å². The zero-order valence-corrected chi connectivity index (χ0v) is 8.25. The van der Waals surface area contributed by atoms with Crippen LogP contribution in [0.5, 0.6) is 0 Å². The van der Waals surface area contributed by atoms with Gasteiger partial charge in [-0.15, -0.1) is 0 Å². The molecule has 2 aromatic heterocycles. The van der Waals surface area contributed by atoms with Gasteiger partial charge < -0.3 is 4.98 Å². The molecule has 0 atom stereocenters. The Bertz CT molecular complexity index is 445. The number of nitrogens with zero attached hydrogens (tertiary/aromatic N) is 3. The number of hydrogen-bond donors (Lipinski definition) is 3. The molecule has 0 saturated carbocycles. The standard InChI is InChI=1S/C7H7FN6S/c8-4-3-12-6(14-9)13-5(4)15-7-10-1-2-11-7/h1-3H,9H2,(H,10,11)(H,12,13,14). The predicted molar refractivity (Wildman–Crippen MR) is 52.5 cm³/mol. The van der Waals surface area contributed by atoms with Crippen LogP contribution >= 0.6 is 11.8 Å². The van der Waals surface area contributed by atoms with Crippen LogP contribution in [0.4, 0.5) is 10.3 Å². The number of aromatic nitrogens is 4. The molecule has 0 saturated heterocycles. The highest BCUT2D eigenvalue weighted by Crippen LogP contribution is 2.25. The number of anilines is 1. The maximum absolute atomic E-state index is 13.2. The van der Waals surface area contributed by atoms with Crippen molar-refractivity contribution in [3.63, 3.8) is 0 Å². The third-order valence-electron chi connectivity index (χ3n) is 1.51. The Balaban J connectivity index is 2.27. The lowest BCUT2D eigenvalue weighted by Crippen LogP contribution is -2.11. The van der Waals surface area contributed by atoms with Gasteiger partial charge in [-0.2, -0.15) is 0 Å². The van der Waals surface area contributed by atoms with Crippen LogP contribution in [-0.4, -0.2) is 19.9 Å². The highest BCUT2D eigenvalue weighted by molar-refractivity contribution is 7.99. The zero-order chi connectivity index (χ0) is 10.7. The van der Waals surface area contributed by atoms with E-state index in [1.54, 1.807) is 12.4 Å². The normalized spacial score (nSPS) is 10.3. The van der Waals surface area contributed by atoms with Crippen molar-refractivity contribution in [3.05, 3.63) is 24.4 Å². The lowest BCUT2D eigenvalue weighted by molar-refractivity contribution is 0.579. The first-order valence-electron chi connectivity index (χ1n) is 3.96. The van der Waals surface area contributed by atoms with Crippen LogP contribution in [0, 0.1) is 5.82 Å². The van der Waals surface area contributed by atoms with Crippen LogP contribution in [-0.2, 0) is 0 Å². The topological polar surface area (TPSA) is 92.5 Å². The number of rotatable bonds is 3. The average molecular weight is 226 g/mol. The summed E-state index contributed by atoms with van der Waals surface area (Å²) in [7, 11) is 0. The summed E-state index contributed by atoms with van der Waals surface area (Å²) in [4.78, 5) is 14.2. The Morgan fingerprint density at radius 3 is 3.00 bits per heavy atom. The number of aromatic amines is 1. The summed E-state index contributed by atoms with van der Waals surface area (Å²) in [5.41, 5.74) is 2.24. The van der Waals surface area contributed by atoms with E-state index in [2.05, 4.69) is 25.4 Å². The predicted octanol–water partition coefficient (Wildman–Crippen LogP) is 0.776. The average Bonchev–Trinajstić information content (AvgIpc) is 2.74. The number of imidazole rings is 1. The van der Waals surface area contributed by atoms with Crippen molar-refractivity contribution in [1.29, 1.82) is 0 Å². The van der Waals surface area contributed by atoms with E-state index in [1.807, 2.05) is 0 Å². The van der Waals surface area contributed by atoms with E-state index in [1.165, 1.54) is 0 Å². The van der Waals surface area contributed by atoms with Gasteiger partial charge in [0.25, 0.3) is 0 Å². The quantitative estimate of drug-likeness (QED) is 0.407. The Kier molecular flexibility index (Phi) is 2.79. The Morgan fingerprint density at radius 2 is 2.33 bits per heavy atom. The zero-order valence-electron chi connectivity index (χ0n) is 7.44. The molecular formula is C7H7FN6S. The second-order valence-electron chi connectivity index (χ2n) is 2.49. The maximum atomic E-state index is 13.2. The van der Waals surface area contributed by atoms with Crippen LogP contribution in [0.15, 0.2) is 28.8 Å². The van der Waals surface area contributed by atoms with Gasteiger partial charge in [0.2, 0.25) is 5.95 Å². The van der Waals surface area contributed by atoms with Crippen LogP contribution in [0.25, 0.3) is 0 Å². The number of hydrazine groups is 1. The van der Waals surface area contributed by atoms with Gasteiger partial charge in [0.15, 0.2) is 11.0 Å². The van der Waals surface area contributed by atoms with E-state index in [9.17, 15) is 4.39 Å². The molecule has 0 fully saturated rings. The molecule has 0 amide bonds. The van der Waals surface area contributed by atoms with Crippen molar-refractivity contribution in [2.75, 3.05) is 5.43 Å². The van der Waals surface area contributed by atoms with E-state index >= 15 is 0 Å². The number of H-pyrrole nitrogens is 1. The molecule has 15 heavy (non-hydrogen) atoms. The minimum atomic E-state index is -0.518. The van der Waals surface area contributed by atoms with E-state index in [-0.39, 0.29) is 11.0 Å². The van der Waals surface area contributed by atoms with E-state index in [0.717, 1.165) is 18.0 Å². The van der Waals surface area contributed by atoms with Gasteiger partial charge in [-0.1, -0.05) is 0 Å². The summed E-state index contributed by atoms with van der Waals surface area (Å²) in [6.45, 7) is 0. The van der Waals surface area contributed by atoms with Crippen molar-refractivity contribution in [3.8, 4) is 0 Å². The molecule has 4 N–H and O–H groups in total. The third-order valence-corrected chi connectivity index (χ3v) is 2.40. The van der Waals surface area contributed by atoms with Crippen molar-refractivity contribution in [2.45, 2.75) is 10.2 Å². The van der Waals surface area contributed by atoms with Crippen molar-refractivity contribution >= 4 is 17.7 Å². The molecule has 2 heterocycles. The SMILES string of the molecule is NNc1ncc(F)c(Sc2ncc[nH]2)n1. The van der Waals surface area contributed by atoms with Gasteiger partial charge in [-0.3, -0.25) is 5.43 Å². The van der Waals surface area contributed by atoms with Crippen LogP contribution in [0.1, 0.15) is 0 Å². The molecule has 0 aliphatic rings. The first kappa shape index (κ1) is 9.87. The highest BCUT2D eigenvalue weighted by Gasteiger charge is 2.09. The fraction of sp³-hybridized carbons (Fsp3) is 0. The Hall–Kier alpha value is -1.67. The molecule has 0 bridgehead atoms. The van der Waals surface area contributed by atoms with Crippen LogP contribution in [0.3, 0.4) is 0 Å².